The van der Waals surface area contributed by atoms with Crippen LogP contribution >= 0.6 is 31.9 Å². The molecule has 0 saturated carbocycles. The highest BCUT2D eigenvalue weighted by Gasteiger charge is 2.25. The molecule has 0 N–H and O–H groups in total. The van der Waals surface area contributed by atoms with E-state index in [1.165, 1.54) is 39.8 Å². The lowest BCUT2D eigenvalue weighted by molar-refractivity contribution is -0.126. The second kappa shape index (κ2) is 7.15. The van der Waals surface area contributed by atoms with E-state index in [0.717, 1.165) is 9.80 Å². The first-order chi connectivity index (χ1) is 10.1. The van der Waals surface area contributed by atoms with Crippen molar-refractivity contribution >= 4 is 66.9 Å². The summed E-state index contributed by atoms with van der Waals surface area (Å²) in [5, 5.41) is 0. The molecular weight excluding hydrogens is 420 g/mol. The molecule has 0 aromatic heterocycles. The fourth-order valence-corrected chi connectivity index (χ4v) is 3.02. The molecule has 0 heterocycles. The fraction of sp³-hybridized carbons (Fsp3) is 0.286. The zero-order valence-corrected chi connectivity index (χ0v) is 15.6. The van der Waals surface area contributed by atoms with Crippen LogP contribution in [0.3, 0.4) is 0 Å². The Labute approximate surface area is 144 Å². The normalized spacial score (nSPS) is 10.1. The van der Waals surface area contributed by atoms with Crippen LogP contribution in [-0.2, 0) is 19.2 Å². The van der Waals surface area contributed by atoms with Crippen molar-refractivity contribution in [2.45, 2.75) is 27.7 Å². The lowest BCUT2D eigenvalue weighted by Gasteiger charge is -2.23. The number of carbonyl (C=O) groups is 4. The summed E-state index contributed by atoms with van der Waals surface area (Å²) in [5.74, 6) is -1.77. The maximum absolute atomic E-state index is 11.6. The minimum absolute atomic E-state index is 0.322. The van der Waals surface area contributed by atoms with Gasteiger partial charge in [0.05, 0.1) is 20.3 Å². The molecule has 0 atom stereocenters. The van der Waals surface area contributed by atoms with Crippen molar-refractivity contribution in [3.8, 4) is 0 Å². The number of hydrogen-bond donors (Lipinski definition) is 0. The third kappa shape index (κ3) is 3.61. The molecule has 1 aromatic carbocycles. The predicted octanol–water partition coefficient (Wildman–Crippen LogP) is 3.01. The molecule has 8 heteroatoms. The van der Waals surface area contributed by atoms with Gasteiger partial charge < -0.3 is 0 Å². The van der Waals surface area contributed by atoms with Crippen LogP contribution in [0.25, 0.3) is 0 Å². The van der Waals surface area contributed by atoms with Gasteiger partial charge in [-0.2, -0.15) is 0 Å². The van der Waals surface area contributed by atoms with Crippen LogP contribution in [0.4, 0.5) is 11.4 Å². The van der Waals surface area contributed by atoms with E-state index in [0.29, 0.717) is 20.3 Å². The largest absolute Gasteiger partial charge is 0.274 e. The number of anilines is 2. The number of hydrogen-bond acceptors (Lipinski definition) is 4. The number of rotatable bonds is 2. The van der Waals surface area contributed by atoms with E-state index in [-0.39, 0.29) is 0 Å². The molecule has 6 nitrogen and oxygen atoms in total. The van der Waals surface area contributed by atoms with Crippen LogP contribution < -0.4 is 9.80 Å². The van der Waals surface area contributed by atoms with Gasteiger partial charge in [0, 0.05) is 27.7 Å². The first-order valence-corrected chi connectivity index (χ1v) is 7.78. The Morgan fingerprint density at radius 2 is 0.909 bits per heavy atom. The number of halogens is 2. The number of nitrogens with zero attached hydrogens (tertiary/aromatic N) is 2. The third-order valence-corrected chi connectivity index (χ3v) is 4.92. The lowest BCUT2D eigenvalue weighted by atomic mass is 10.2. The highest BCUT2D eigenvalue weighted by molar-refractivity contribution is 9.13. The molecule has 0 aliphatic carbocycles. The maximum atomic E-state index is 11.6. The van der Waals surface area contributed by atoms with E-state index in [1.54, 1.807) is 0 Å². The second-order valence-corrected chi connectivity index (χ2v) is 6.06. The van der Waals surface area contributed by atoms with Crippen LogP contribution in [-0.4, -0.2) is 23.6 Å². The molecule has 0 bridgehead atoms. The lowest BCUT2D eigenvalue weighted by Crippen LogP contribution is -2.35. The summed E-state index contributed by atoms with van der Waals surface area (Å²) in [5.41, 5.74) is 0.644. The molecule has 22 heavy (non-hydrogen) atoms. The zero-order chi connectivity index (χ0) is 17.2. The van der Waals surface area contributed by atoms with Crippen molar-refractivity contribution in [2.75, 3.05) is 9.80 Å². The summed E-state index contributed by atoms with van der Waals surface area (Å²) >= 11 is 6.59. The highest BCUT2D eigenvalue weighted by atomic mass is 79.9. The number of amides is 4. The van der Waals surface area contributed by atoms with E-state index in [1.807, 2.05) is 0 Å². The van der Waals surface area contributed by atoms with Gasteiger partial charge in [0.15, 0.2) is 0 Å². The Morgan fingerprint density at radius 1 is 0.682 bits per heavy atom. The minimum Gasteiger partial charge on any atom is -0.274 e. The van der Waals surface area contributed by atoms with E-state index in [9.17, 15) is 19.2 Å². The molecule has 0 aliphatic rings. The van der Waals surface area contributed by atoms with Crippen LogP contribution in [0.5, 0.6) is 0 Å². The van der Waals surface area contributed by atoms with Crippen molar-refractivity contribution in [1.29, 1.82) is 0 Å². The van der Waals surface area contributed by atoms with Gasteiger partial charge in [-0.05, 0) is 44.0 Å². The Morgan fingerprint density at radius 3 is 1.09 bits per heavy atom. The van der Waals surface area contributed by atoms with E-state index in [2.05, 4.69) is 31.9 Å². The monoisotopic (exact) mass is 432 g/mol. The van der Waals surface area contributed by atoms with Gasteiger partial charge in [-0.1, -0.05) is 0 Å². The van der Waals surface area contributed by atoms with Crippen molar-refractivity contribution in [3.63, 3.8) is 0 Å². The van der Waals surface area contributed by atoms with Gasteiger partial charge >= 0.3 is 0 Å². The van der Waals surface area contributed by atoms with Crippen molar-refractivity contribution in [2.24, 2.45) is 0 Å². The van der Waals surface area contributed by atoms with Crippen LogP contribution in [0.1, 0.15) is 27.7 Å². The Kier molecular flexibility index (Phi) is 6.01. The van der Waals surface area contributed by atoms with Gasteiger partial charge in [0.25, 0.3) is 0 Å². The summed E-state index contributed by atoms with van der Waals surface area (Å²) in [4.78, 5) is 48.5. The molecule has 118 valence electrons. The Balaban J connectivity index is 3.52. The quantitative estimate of drug-likeness (QED) is 0.718. The Hall–Kier alpha value is -1.54. The first kappa shape index (κ1) is 18.5. The topological polar surface area (TPSA) is 74.8 Å². The second-order valence-electron chi connectivity index (χ2n) is 4.48. The zero-order valence-electron chi connectivity index (χ0n) is 12.4. The third-order valence-electron chi connectivity index (χ3n) is 2.78. The van der Waals surface area contributed by atoms with E-state index in [4.69, 9.17) is 0 Å². The summed E-state index contributed by atoms with van der Waals surface area (Å²) in [7, 11) is 0. The van der Waals surface area contributed by atoms with Crippen molar-refractivity contribution in [1.82, 2.24) is 0 Å². The molecule has 0 fully saturated rings. The van der Waals surface area contributed by atoms with Gasteiger partial charge in [-0.15, -0.1) is 0 Å². The smallest absolute Gasteiger partial charge is 0.230 e. The van der Waals surface area contributed by atoms with Gasteiger partial charge in [0.1, 0.15) is 0 Å². The van der Waals surface area contributed by atoms with Crippen LogP contribution in [0.15, 0.2) is 21.1 Å². The molecule has 4 amide bonds. The van der Waals surface area contributed by atoms with Crippen molar-refractivity contribution in [3.05, 3.63) is 21.1 Å². The van der Waals surface area contributed by atoms with E-state index < -0.39 is 23.6 Å². The van der Waals surface area contributed by atoms with Crippen molar-refractivity contribution < 1.29 is 19.2 Å². The molecule has 0 unspecified atom stereocenters. The van der Waals surface area contributed by atoms with Gasteiger partial charge in [-0.25, -0.2) is 9.80 Å². The summed E-state index contributed by atoms with van der Waals surface area (Å²) in [6.45, 7) is 5.08. The van der Waals surface area contributed by atoms with Crippen LogP contribution in [0, 0.1) is 0 Å². The average Bonchev–Trinajstić information content (AvgIpc) is 2.36. The number of carbonyl (C=O) groups excluding carboxylic acids is 4. The average molecular weight is 434 g/mol. The maximum Gasteiger partial charge on any atom is 0.230 e. The minimum atomic E-state index is -0.442. The molecule has 0 aliphatic heterocycles. The molecule has 0 saturated heterocycles. The van der Waals surface area contributed by atoms with Gasteiger partial charge in [0.2, 0.25) is 23.6 Å². The predicted molar refractivity (Wildman–Crippen MR) is 89.5 cm³/mol. The van der Waals surface area contributed by atoms with Gasteiger partial charge in [-0.3, -0.25) is 19.2 Å². The molecule has 0 radical (unpaired) electrons. The summed E-state index contributed by atoms with van der Waals surface area (Å²) in [6, 6.07) is 2.98. The summed E-state index contributed by atoms with van der Waals surface area (Å²) < 4.78 is 0.783. The first-order valence-electron chi connectivity index (χ1n) is 6.20. The number of benzene rings is 1. The molecule has 1 rings (SSSR count). The molecule has 1 aromatic rings. The fourth-order valence-electron chi connectivity index (χ4n) is 2.00. The van der Waals surface area contributed by atoms with Crippen LogP contribution in [0.2, 0.25) is 0 Å². The SMILES string of the molecule is CC(=O)N(C(C)=O)c1ccc(N(C(C)=O)C(C)=O)c(Br)c1Br. The summed E-state index contributed by atoms with van der Waals surface area (Å²) in [6.07, 6.45) is 0. The Bertz CT molecular complexity index is 588. The standard InChI is InChI=1S/C14H14Br2N2O4/c1-7(19)17(8(2)20)11-5-6-12(14(16)13(11)15)18(9(3)21)10(4)22/h5-6H,1-4H3. The molecule has 0 spiro atoms. The molecular formula is C14H14Br2N2O4. The highest BCUT2D eigenvalue weighted by Crippen LogP contribution is 2.40. The number of imide groups is 2. The van der Waals surface area contributed by atoms with E-state index >= 15 is 0 Å².